The van der Waals surface area contributed by atoms with Gasteiger partial charge in [-0.15, -0.1) is 0 Å². The molecule has 0 radical (unpaired) electrons. The Labute approximate surface area is 110 Å². The summed E-state index contributed by atoms with van der Waals surface area (Å²) >= 11 is 0. The van der Waals surface area contributed by atoms with E-state index in [1.165, 1.54) is 44.9 Å². The van der Waals surface area contributed by atoms with Crippen LogP contribution in [0.5, 0.6) is 0 Å². The van der Waals surface area contributed by atoms with Gasteiger partial charge in [-0.3, -0.25) is 0 Å². The van der Waals surface area contributed by atoms with Gasteiger partial charge in [-0.1, -0.05) is 60.3 Å². The van der Waals surface area contributed by atoms with Gasteiger partial charge < -0.3 is 0 Å². The first kappa shape index (κ1) is 15.1. The van der Waals surface area contributed by atoms with E-state index >= 15 is 0 Å². The standard InChI is InChI=1S/C17H34/c1-6-8-13(3)14(4)10-16-11-15(5)17(12-16)9-7-2/h13-17H,6-12H2,1-5H3. The fraction of sp³-hybridized carbons (Fsp3) is 1.00. The topological polar surface area (TPSA) is 0 Å². The highest BCUT2D eigenvalue weighted by atomic mass is 14.4. The van der Waals surface area contributed by atoms with Crippen LogP contribution in [0, 0.1) is 29.6 Å². The molecule has 0 bridgehead atoms. The van der Waals surface area contributed by atoms with Crippen LogP contribution in [-0.4, -0.2) is 0 Å². The van der Waals surface area contributed by atoms with E-state index in [2.05, 4.69) is 34.6 Å². The first-order chi connectivity index (χ1) is 8.08. The molecule has 0 aromatic carbocycles. The molecule has 0 amide bonds. The third kappa shape index (κ3) is 4.64. The van der Waals surface area contributed by atoms with E-state index in [4.69, 9.17) is 0 Å². The van der Waals surface area contributed by atoms with Crippen LogP contribution >= 0.6 is 0 Å². The van der Waals surface area contributed by atoms with E-state index in [0.29, 0.717) is 0 Å². The van der Waals surface area contributed by atoms with Crippen LogP contribution in [0.15, 0.2) is 0 Å². The number of hydrogen-bond acceptors (Lipinski definition) is 0. The van der Waals surface area contributed by atoms with Crippen molar-refractivity contribution in [1.29, 1.82) is 0 Å². The molecule has 0 aromatic heterocycles. The van der Waals surface area contributed by atoms with Gasteiger partial charge in [0.15, 0.2) is 0 Å². The summed E-state index contributed by atoms with van der Waals surface area (Å²) in [4.78, 5) is 0. The summed E-state index contributed by atoms with van der Waals surface area (Å²) in [5.74, 6) is 4.94. The summed E-state index contributed by atoms with van der Waals surface area (Å²) < 4.78 is 0. The van der Waals surface area contributed by atoms with Crippen LogP contribution in [0.4, 0.5) is 0 Å². The molecule has 17 heavy (non-hydrogen) atoms. The van der Waals surface area contributed by atoms with Crippen molar-refractivity contribution in [2.75, 3.05) is 0 Å². The molecule has 5 atom stereocenters. The normalized spacial score (nSPS) is 32.6. The van der Waals surface area contributed by atoms with Crippen molar-refractivity contribution in [3.05, 3.63) is 0 Å². The molecule has 0 aromatic rings. The molecule has 0 aliphatic heterocycles. The Morgan fingerprint density at radius 2 is 1.71 bits per heavy atom. The zero-order chi connectivity index (χ0) is 12.8. The van der Waals surface area contributed by atoms with Crippen LogP contribution in [0.2, 0.25) is 0 Å². The maximum atomic E-state index is 2.49. The van der Waals surface area contributed by atoms with Crippen molar-refractivity contribution >= 4 is 0 Å². The van der Waals surface area contributed by atoms with E-state index in [-0.39, 0.29) is 0 Å². The van der Waals surface area contributed by atoms with Crippen LogP contribution in [0.25, 0.3) is 0 Å². The van der Waals surface area contributed by atoms with Crippen molar-refractivity contribution in [2.24, 2.45) is 29.6 Å². The van der Waals surface area contributed by atoms with Crippen molar-refractivity contribution < 1.29 is 0 Å². The minimum Gasteiger partial charge on any atom is -0.0654 e. The van der Waals surface area contributed by atoms with Crippen LogP contribution < -0.4 is 0 Å². The summed E-state index contributed by atoms with van der Waals surface area (Å²) in [6.07, 6.45) is 10.1. The summed E-state index contributed by atoms with van der Waals surface area (Å²) in [5.41, 5.74) is 0. The molecule has 0 heteroatoms. The third-order valence-corrected chi connectivity index (χ3v) is 5.23. The lowest BCUT2D eigenvalue weighted by Crippen LogP contribution is -2.12. The van der Waals surface area contributed by atoms with Gasteiger partial charge >= 0.3 is 0 Å². The SMILES string of the molecule is CCCC(C)C(C)CC1CC(C)C(CCC)C1. The van der Waals surface area contributed by atoms with Gasteiger partial charge in [0.05, 0.1) is 0 Å². The molecule has 102 valence electrons. The van der Waals surface area contributed by atoms with E-state index in [1.54, 1.807) is 0 Å². The van der Waals surface area contributed by atoms with E-state index in [9.17, 15) is 0 Å². The molecule has 1 aliphatic carbocycles. The zero-order valence-corrected chi connectivity index (χ0v) is 12.8. The van der Waals surface area contributed by atoms with E-state index in [0.717, 1.165) is 29.6 Å². The third-order valence-electron chi connectivity index (χ3n) is 5.23. The van der Waals surface area contributed by atoms with Gasteiger partial charge in [-0.25, -0.2) is 0 Å². The molecule has 5 unspecified atom stereocenters. The van der Waals surface area contributed by atoms with Gasteiger partial charge in [0.1, 0.15) is 0 Å². The Morgan fingerprint density at radius 1 is 1.00 bits per heavy atom. The second kappa shape index (κ2) is 7.44. The lowest BCUT2D eigenvalue weighted by Gasteiger charge is -2.22. The Bertz CT molecular complexity index is 196. The Balaban J connectivity index is 2.33. The smallest absolute Gasteiger partial charge is 0.0386 e. The quantitative estimate of drug-likeness (QED) is 0.517. The Morgan fingerprint density at radius 3 is 2.29 bits per heavy atom. The monoisotopic (exact) mass is 238 g/mol. The van der Waals surface area contributed by atoms with Crippen molar-refractivity contribution in [2.45, 2.75) is 79.6 Å². The fourth-order valence-corrected chi connectivity index (χ4v) is 3.94. The predicted octanol–water partition coefficient (Wildman–Crippen LogP) is 5.91. The van der Waals surface area contributed by atoms with Crippen LogP contribution in [0.1, 0.15) is 79.6 Å². The molecule has 0 nitrogen and oxygen atoms in total. The van der Waals surface area contributed by atoms with Crippen molar-refractivity contribution in [3.63, 3.8) is 0 Å². The van der Waals surface area contributed by atoms with E-state index in [1.807, 2.05) is 0 Å². The molecule has 1 rings (SSSR count). The zero-order valence-electron chi connectivity index (χ0n) is 12.8. The lowest BCUT2D eigenvalue weighted by molar-refractivity contribution is 0.285. The minimum absolute atomic E-state index is 0.931. The first-order valence-electron chi connectivity index (χ1n) is 8.08. The van der Waals surface area contributed by atoms with Gasteiger partial charge in [0.25, 0.3) is 0 Å². The molecule has 0 saturated heterocycles. The predicted molar refractivity (Wildman–Crippen MR) is 78.1 cm³/mol. The van der Waals surface area contributed by atoms with Crippen molar-refractivity contribution in [1.82, 2.24) is 0 Å². The highest BCUT2D eigenvalue weighted by Gasteiger charge is 2.31. The molecule has 0 heterocycles. The van der Waals surface area contributed by atoms with E-state index < -0.39 is 0 Å². The van der Waals surface area contributed by atoms with Crippen LogP contribution in [-0.2, 0) is 0 Å². The van der Waals surface area contributed by atoms with Gasteiger partial charge in [0, 0.05) is 0 Å². The Hall–Kier alpha value is 0. The summed E-state index contributed by atoms with van der Waals surface area (Å²) in [7, 11) is 0. The van der Waals surface area contributed by atoms with Gasteiger partial charge in [0.2, 0.25) is 0 Å². The maximum Gasteiger partial charge on any atom is -0.0386 e. The number of rotatable bonds is 7. The van der Waals surface area contributed by atoms with Crippen LogP contribution in [0.3, 0.4) is 0 Å². The van der Waals surface area contributed by atoms with Crippen molar-refractivity contribution in [3.8, 4) is 0 Å². The second-order valence-corrected chi connectivity index (χ2v) is 6.84. The largest absolute Gasteiger partial charge is 0.0654 e. The molecule has 0 spiro atoms. The first-order valence-corrected chi connectivity index (χ1v) is 8.08. The summed E-state index contributed by atoms with van der Waals surface area (Å²) in [6, 6.07) is 0. The fourth-order valence-electron chi connectivity index (χ4n) is 3.94. The molecule has 1 saturated carbocycles. The average Bonchev–Trinajstić information content (AvgIpc) is 2.60. The summed E-state index contributed by atoms with van der Waals surface area (Å²) in [5, 5.41) is 0. The highest BCUT2D eigenvalue weighted by Crippen LogP contribution is 2.42. The average molecular weight is 238 g/mol. The molecule has 1 aliphatic rings. The molecular weight excluding hydrogens is 204 g/mol. The van der Waals surface area contributed by atoms with Gasteiger partial charge in [-0.05, 0) is 48.9 Å². The van der Waals surface area contributed by atoms with Gasteiger partial charge in [-0.2, -0.15) is 0 Å². The molecular formula is C17H34. The lowest BCUT2D eigenvalue weighted by atomic mass is 9.83. The second-order valence-electron chi connectivity index (χ2n) is 6.84. The number of hydrogen-bond donors (Lipinski definition) is 0. The Kier molecular flexibility index (Phi) is 6.59. The summed E-state index contributed by atoms with van der Waals surface area (Å²) in [6.45, 7) is 12.1. The maximum absolute atomic E-state index is 2.49. The minimum atomic E-state index is 0.931. The molecule has 0 N–H and O–H groups in total. The highest BCUT2D eigenvalue weighted by molar-refractivity contribution is 4.82. The molecule has 1 fully saturated rings.